The highest BCUT2D eigenvalue weighted by Gasteiger charge is 2.18. The van der Waals surface area contributed by atoms with Gasteiger partial charge in [0.25, 0.3) is 5.91 Å². The van der Waals surface area contributed by atoms with Gasteiger partial charge in [-0.25, -0.2) is 0 Å². The number of nitrogens with zero attached hydrogens (tertiary/aromatic N) is 1. The number of benzene rings is 2. The van der Waals surface area contributed by atoms with Crippen LogP contribution >= 0.6 is 0 Å². The van der Waals surface area contributed by atoms with Crippen LogP contribution in [-0.4, -0.2) is 29.9 Å². The number of amides is 2. The zero-order valence-electron chi connectivity index (χ0n) is 14.5. The molecule has 1 aliphatic heterocycles. The van der Waals surface area contributed by atoms with Crippen LogP contribution in [0, 0.1) is 6.92 Å². The van der Waals surface area contributed by atoms with E-state index in [1.54, 1.807) is 6.92 Å². The minimum atomic E-state index is -0.206. The molecule has 0 unspecified atom stereocenters. The van der Waals surface area contributed by atoms with Crippen LogP contribution in [0.2, 0.25) is 0 Å². The minimum Gasteiger partial charge on any atom is -0.483 e. The van der Waals surface area contributed by atoms with Crippen LogP contribution in [0.1, 0.15) is 23.6 Å². The van der Waals surface area contributed by atoms with Gasteiger partial charge in [-0.2, -0.15) is 0 Å². The number of fused-ring (bicyclic) bond motifs is 1. The van der Waals surface area contributed by atoms with E-state index in [0.717, 1.165) is 29.8 Å². The molecule has 25 heavy (non-hydrogen) atoms. The first kappa shape index (κ1) is 17.0. The summed E-state index contributed by atoms with van der Waals surface area (Å²) in [5, 5.41) is 2.86. The number of carbonyl (C=O) groups is 2. The molecule has 3 rings (SSSR count). The standard InChI is InChI=1S/C20H22N2O3/c1-14-5-3-4-6-19(14)25-13-20(24)21-18-8-7-16-9-10-22(15(2)23)12-17(16)11-18/h3-8,11H,9-10,12-13H2,1-2H3,(H,21,24). The molecule has 0 aliphatic carbocycles. The van der Waals surface area contributed by atoms with Gasteiger partial charge in [-0.3, -0.25) is 9.59 Å². The monoisotopic (exact) mass is 338 g/mol. The summed E-state index contributed by atoms with van der Waals surface area (Å²) >= 11 is 0. The number of carbonyl (C=O) groups excluding carboxylic acids is 2. The van der Waals surface area contributed by atoms with Gasteiger partial charge in [0.1, 0.15) is 5.75 Å². The number of hydrogen-bond acceptors (Lipinski definition) is 3. The van der Waals surface area contributed by atoms with Crippen LogP contribution in [0.3, 0.4) is 0 Å². The topological polar surface area (TPSA) is 58.6 Å². The van der Waals surface area contributed by atoms with Crippen LogP contribution in [0.25, 0.3) is 0 Å². The number of anilines is 1. The lowest BCUT2D eigenvalue weighted by molar-refractivity contribution is -0.129. The third-order valence-corrected chi connectivity index (χ3v) is 4.40. The van der Waals surface area contributed by atoms with Gasteiger partial charge in [-0.15, -0.1) is 0 Å². The number of nitrogens with one attached hydrogen (secondary N) is 1. The molecule has 0 spiro atoms. The maximum atomic E-state index is 12.1. The average molecular weight is 338 g/mol. The summed E-state index contributed by atoms with van der Waals surface area (Å²) in [5.41, 5.74) is 4.03. The van der Waals surface area contributed by atoms with Crippen LogP contribution < -0.4 is 10.1 Å². The Balaban J connectivity index is 1.61. The molecule has 0 radical (unpaired) electrons. The number of ether oxygens (including phenoxy) is 1. The van der Waals surface area contributed by atoms with Crippen molar-refractivity contribution in [1.82, 2.24) is 4.90 Å². The molecule has 0 bridgehead atoms. The Morgan fingerprint density at radius 3 is 2.72 bits per heavy atom. The molecule has 130 valence electrons. The van der Waals surface area contributed by atoms with Crippen LogP contribution in [0.5, 0.6) is 5.75 Å². The van der Waals surface area contributed by atoms with E-state index in [0.29, 0.717) is 12.3 Å². The van der Waals surface area contributed by atoms with Crippen LogP contribution in [0.15, 0.2) is 42.5 Å². The molecule has 1 N–H and O–H groups in total. The summed E-state index contributed by atoms with van der Waals surface area (Å²) in [5.74, 6) is 0.578. The van der Waals surface area contributed by atoms with Gasteiger partial charge in [0.2, 0.25) is 5.91 Å². The van der Waals surface area contributed by atoms with E-state index in [2.05, 4.69) is 5.32 Å². The fourth-order valence-corrected chi connectivity index (χ4v) is 2.96. The Kier molecular flexibility index (Phi) is 5.03. The van der Waals surface area contributed by atoms with Crippen molar-refractivity contribution in [3.05, 3.63) is 59.2 Å². The lowest BCUT2D eigenvalue weighted by atomic mass is 9.99. The third-order valence-electron chi connectivity index (χ3n) is 4.40. The lowest BCUT2D eigenvalue weighted by Crippen LogP contribution is -2.34. The fraction of sp³-hybridized carbons (Fsp3) is 0.300. The van der Waals surface area contributed by atoms with Crippen molar-refractivity contribution in [2.45, 2.75) is 26.8 Å². The summed E-state index contributed by atoms with van der Waals surface area (Å²) < 4.78 is 5.57. The van der Waals surface area contributed by atoms with Gasteiger partial charge < -0.3 is 15.0 Å². The molecule has 2 amide bonds. The van der Waals surface area contributed by atoms with Crippen molar-refractivity contribution in [2.24, 2.45) is 0 Å². The van der Waals surface area contributed by atoms with Crippen molar-refractivity contribution in [2.75, 3.05) is 18.5 Å². The molecule has 5 heteroatoms. The van der Waals surface area contributed by atoms with E-state index < -0.39 is 0 Å². The molecule has 1 aliphatic rings. The molecular weight excluding hydrogens is 316 g/mol. The van der Waals surface area contributed by atoms with E-state index >= 15 is 0 Å². The molecule has 0 fully saturated rings. The van der Waals surface area contributed by atoms with Crippen molar-refractivity contribution in [3.8, 4) is 5.75 Å². The zero-order chi connectivity index (χ0) is 17.8. The molecule has 0 saturated carbocycles. The highest BCUT2D eigenvalue weighted by molar-refractivity contribution is 5.92. The SMILES string of the molecule is CC(=O)N1CCc2ccc(NC(=O)COc3ccccc3C)cc2C1. The van der Waals surface area contributed by atoms with Crippen molar-refractivity contribution in [1.29, 1.82) is 0 Å². The van der Waals surface area contributed by atoms with Gasteiger partial charge in [-0.1, -0.05) is 24.3 Å². The predicted molar refractivity (Wildman–Crippen MR) is 96.5 cm³/mol. The van der Waals surface area contributed by atoms with E-state index in [1.807, 2.05) is 54.3 Å². The summed E-state index contributed by atoms with van der Waals surface area (Å²) in [6.45, 7) is 4.82. The largest absolute Gasteiger partial charge is 0.483 e. The molecule has 2 aromatic rings. The number of aryl methyl sites for hydroxylation is 1. The van der Waals surface area contributed by atoms with Crippen molar-refractivity contribution in [3.63, 3.8) is 0 Å². The van der Waals surface area contributed by atoms with E-state index in [-0.39, 0.29) is 18.4 Å². The Labute approximate surface area is 147 Å². The van der Waals surface area contributed by atoms with Gasteiger partial charge >= 0.3 is 0 Å². The number of hydrogen-bond donors (Lipinski definition) is 1. The zero-order valence-corrected chi connectivity index (χ0v) is 14.5. The summed E-state index contributed by atoms with van der Waals surface area (Å²) in [7, 11) is 0. The summed E-state index contributed by atoms with van der Waals surface area (Å²) in [6.07, 6.45) is 0.847. The highest BCUT2D eigenvalue weighted by atomic mass is 16.5. The van der Waals surface area contributed by atoms with E-state index in [9.17, 15) is 9.59 Å². The summed E-state index contributed by atoms with van der Waals surface area (Å²) in [4.78, 5) is 25.5. The maximum Gasteiger partial charge on any atom is 0.262 e. The second-order valence-corrected chi connectivity index (χ2v) is 6.28. The molecule has 0 aromatic heterocycles. The summed E-state index contributed by atoms with van der Waals surface area (Å²) in [6, 6.07) is 13.5. The van der Waals surface area contributed by atoms with Gasteiger partial charge in [0.05, 0.1) is 0 Å². The van der Waals surface area contributed by atoms with Gasteiger partial charge in [0, 0.05) is 25.7 Å². The lowest BCUT2D eigenvalue weighted by Gasteiger charge is -2.28. The van der Waals surface area contributed by atoms with Crippen LogP contribution in [-0.2, 0) is 22.6 Å². The first-order valence-corrected chi connectivity index (χ1v) is 8.38. The first-order valence-electron chi connectivity index (χ1n) is 8.38. The Hall–Kier alpha value is -2.82. The Morgan fingerprint density at radius 1 is 1.16 bits per heavy atom. The third kappa shape index (κ3) is 4.18. The maximum absolute atomic E-state index is 12.1. The molecule has 0 saturated heterocycles. The highest BCUT2D eigenvalue weighted by Crippen LogP contribution is 2.23. The van der Waals surface area contributed by atoms with Crippen molar-refractivity contribution < 1.29 is 14.3 Å². The van der Waals surface area contributed by atoms with E-state index in [4.69, 9.17) is 4.74 Å². The Morgan fingerprint density at radius 2 is 1.96 bits per heavy atom. The average Bonchev–Trinajstić information content (AvgIpc) is 2.60. The molecular formula is C20H22N2O3. The number of rotatable bonds is 4. The van der Waals surface area contributed by atoms with E-state index in [1.165, 1.54) is 5.56 Å². The fourth-order valence-electron chi connectivity index (χ4n) is 2.96. The first-order chi connectivity index (χ1) is 12.0. The second kappa shape index (κ2) is 7.38. The van der Waals surface area contributed by atoms with Crippen LogP contribution in [0.4, 0.5) is 5.69 Å². The quantitative estimate of drug-likeness (QED) is 0.932. The molecule has 5 nitrogen and oxygen atoms in total. The minimum absolute atomic E-state index is 0.0402. The van der Waals surface area contributed by atoms with Gasteiger partial charge in [-0.05, 0) is 48.2 Å². The van der Waals surface area contributed by atoms with Crippen molar-refractivity contribution >= 4 is 17.5 Å². The molecule has 1 heterocycles. The predicted octanol–water partition coefficient (Wildman–Crippen LogP) is 2.92. The number of para-hydroxylation sites is 1. The molecule has 2 aromatic carbocycles. The second-order valence-electron chi connectivity index (χ2n) is 6.28. The molecule has 0 atom stereocenters. The normalized spacial score (nSPS) is 13.1. The van der Waals surface area contributed by atoms with Gasteiger partial charge in [0.15, 0.2) is 6.61 Å². The Bertz CT molecular complexity index is 801. The smallest absolute Gasteiger partial charge is 0.262 e.